The summed E-state index contributed by atoms with van der Waals surface area (Å²) in [6.07, 6.45) is 0. The largest absolute Gasteiger partial charge is 0.506 e. The SMILES string of the molecule is Cc1ccc(/N=N/c2c(O)ccc3ccccc23)cc1S(=O)(=O)O. The first-order chi connectivity index (χ1) is 11.4. The van der Waals surface area contributed by atoms with Gasteiger partial charge in [-0.3, -0.25) is 4.55 Å². The molecule has 122 valence electrons. The van der Waals surface area contributed by atoms with Gasteiger partial charge in [0.25, 0.3) is 10.1 Å². The van der Waals surface area contributed by atoms with Crippen molar-refractivity contribution in [2.24, 2.45) is 10.2 Å². The van der Waals surface area contributed by atoms with Gasteiger partial charge in [-0.05, 0) is 36.1 Å². The molecule has 0 radical (unpaired) electrons. The predicted molar refractivity (Wildman–Crippen MR) is 90.8 cm³/mol. The number of fused-ring (bicyclic) bond motifs is 1. The fraction of sp³-hybridized carbons (Fsp3) is 0.0588. The molecule has 0 unspecified atom stereocenters. The number of aryl methyl sites for hydroxylation is 1. The van der Waals surface area contributed by atoms with E-state index in [9.17, 15) is 18.1 Å². The van der Waals surface area contributed by atoms with E-state index in [4.69, 9.17) is 0 Å². The maximum absolute atomic E-state index is 11.4. The highest BCUT2D eigenvalue weighted by molar-refractivity contribution is 7.85. The summed E-state index contributed by atoms with van der Waals surface area (Å²) in [7, 11) is -4.33. The molecule has 0 aromatic heterocycles. The van der Waals surface area contributed by atoms with E-state index in [2.05, 4.69) is 10.2 Å². The Bertz CT molecular complexity index is 1060. The van der Waals surface area contributed by atoms with Crippen LogP contribution in [0.2, 0.25) is 0 Å². The molecule has 0 saturated heterocycles. The van der Waals surface area contributed by atoms with Gasteiger partial charge in [0.05, 0.1) is 10.6 Å². The van der Waals surface area contributed by atoms with Gasteiger partial charge >= 0.3 is 0 Å². The molecular weight excluding hydrogens is 328 g/mol. The third-order valence-electron chi connectivity index (χ3n) is 3.59. The maximum Gasteiger partial charge on any atom is 0.294 e. The molecule has 0 aliphatic heterocycles. The van der Waals surface area contributed by atoms with Gasteiger partial charge in [0.2, 0.25) is 0 Å². The van der Waals surface area contributed by atoms with Crippen LogP contribution >= 0.6 is 0 Å². The van der Waals surface area contributed by atoms with Gasteiger partial charge in [-0.25, -0.2) is 0 Å². The summed E-state index contributed by atoms with van der Waals surface area (Å²) in [5.41, 5.74) is 0.951. The zero-order valence-electron chi connectivity index (χ0n) is 12.7. The minimum atomic E-state index is -4.33. The zero-order chi connectivity index (χ0) is 17.3. The van der Waals surface area contributed by atoms with Crippen molar-refractivity contribution in [1.29, 1.82) is 0 Å². The number of aromatic hydroxyl groups is 1. The molecule has 7 heteroatoms. The predicted octanol–water partition coefficient (Wildman–Crippen LogP) is 4.52. The zero-order valence-corrected chi connectivity index (χ0v) is 13.5. The minimum Gasteiger partial charge on any atom is -0.506 e. The molecule has 3 aromatic rings. The maximum atomic E-state index is 11.4. The molecule has 0 saturated carbocycles. The molecule has 0 heterocycles. The first-order valence-corrected chi connectivity index (χ1v) is 8.51. The average Bonchev–Trinajstić information content (AvgIpc) is 2.54. The Morgan fingerprint density at radius 3 is 2.46 bits per heavy atom. The smallest absolute Gasteiger partial charge is 0.294 e. The summed E-state index contributed by atoms with van der Waals surface area (Å²) in [6.45, 7) is 1.57. The van der Waals surface area contributed by atoms with Gasteiger partial charge in [-0.2, -0.15) is 13.5 Å². The Kier molecular flexibility index (Phi) is 4.04. The Morgan fingerprint density at radius 2 is 1.71 bits per heavy atom. The second-order valence-corrected chi connectivity index (χ2v) is 6.67. The number of hydrogen-bond acceptors (Lipinski definition) is 5. The van der Waals surface area contributed by atoms with E-state index in [0.29, 0.717) is 11.3 Å². The number of hydrogen-bond donors (Lipinski definition) is 2. The lowest BCUT2D eigenvalue weighted by Gasteiger charge is -2.05. The second kappa shape index (κ2) is 6.03. The Morgan fingerprint density at radius 1 is 0.958 bits per heavy atom. The van der Waals surface area contributed by atoms with Gasteiger partial charge in [-0.15, -0.1) is 5.11 Å². The molecule has 0 atom stereocenters. The quantitative estimate of drug-likeness (QED) is 0.540. The van der Waals surface area contributed by atoms with Gasteiger partial charge in [-0.1, -0.05) is 36.4 Å². The van der Waals surface area contributed by atoms with Gasteiger partial charge < -0.3 is 5.11 Å². The van der Waals surface area contributed by atoms with Gasteiger partial charge in [0.1, 0.15) is 11.4 Å². The molecule has 3 aromatic carbocycles. The number of phenols is 1. The van der Waals surface area contributed by atoms with Crippen molar-refractivity contribution in [2.75, 3.05) is 0 Å². The number of azo groups is 1. The Balaban J connectivity index is 2.08. The van der Waals surface area contributed by atoms with Crippen LogP contribution < -0.4 is 0 Å². The summed E-state index contributed by atoms with van der Waals surface area (Å²) in [5, 5.41) is 19.7. The van der Waals surface area contributed by atoms with Crippen LogP contribution in [0.5, 0.6) is 5.75 Å². The molecule has 3 rings (SSSR count). The summed E-state index contributed by atoms with van der Waals surface area (Å²) in [5.74, 6) is -0.0282. The van der Waals surface area contributed by atoms with Gasteiger partial charge in [0, 0.05) is 5.39 Å². The molecule has 0 aliphatic rings. The number of rotatable bonds is 3. The molecule has 0 bridgehead atoms. The molecule has 0 fully saturated rings. The normalized spacial score (nSPS) is 12.1. The lowest BCUT2D eigenvalue weighted by atomic mass is 10.1. The van der Waals surface area contributed by atoms with E-state index in [1.54, 1.807) is 19.1 Å². The highest BCUT2D eigenvalue weighted by Crippen LogP contribution is 2.36. The summed E-state index contributed by atoms with van der Waals surface area (Å²) < 4.78 is 31.9. The van der Waals surface area contributed by atoms with Crippen LogP contribution in [-0.4, -0.2) is 18.1 Å². The third kappa shape index (κ3) is 3.12. The molecule has 2 N–H and O–H groups in total. The summed E-state index contributed by atoms with van der Waals surface area (Å²) in [4.78, 5) is -0.221. The fourth-order valence-corrected chi connectivity index (χ4v) is 3.13. The van der Waals surface area contributed by atoms with Crippen molar-refractivity contribution in [1.82, 2.24) is 0 Å². The average molecular weight is 342 g/mol. The topological polar surface area (TPSA) is 99.3 Å². The lowest BCUT2D eigenvalue weighted by molar-refractivity contribution is 0.477. The molecule has 0 amide bonds. The monoisotopic (exact) mass is 342 g/mol. The Labute approximate surface area is 138 Å². The Hall–Kier alpha value is -2.77. The van der Waals surface area contributed by atoms with E-state index < -0.39 is 10.1 Å². The van der Waals surface area contributed by atoms with E-state index in [0.717, 1.165) is 10.8 Å². The molecule has 0 aliphatic carbocycles. The summed E-state index contributed by atoms with van der Waals surface area (Å²) >= 11 is 0. The van der Waals surface area contributed by atoms with Crippen molar-refractivity contribution in [2.45, 2.75) is 11.8 Å². The molecule has 6 nitrogen and oxygen atoms in total. The molecular formula is C17H14N2O4S. The van der Waals surface area contributed by atoms with Crippen molar-refractivity contribution in [3.05, 3.63) is 60.2 Å². The standard InChI is InChI=1S/C17H14N2O4S/c1-11-6-8-13(10-16(11)24(21,22)23)18-19-17-14-5-3-2-4-12(14)7-9-15(17)20/h2-10,20H,1H3,(H,21,22,23)/b19-18+. The van der Waals surface area contributed by atoms with E-state index in [-0.39, 0.29) is 16.3 Å². The molecule has 0 spiro atoms. The van der Waals surface area contributed by atoms with Crippen LogP contribution in [0.25, 0.3) is 10.8 Å². The van der Waals surface area contributed by atoms with E-state index in [1.807, 2.05) is 24.3 Å². The minimum absolute atomic E-state index is 0.0282. The van der Waals surface area contributed by atoms with Crippen LogP contribution in [0.15, 0.2) is 69.7 Å². The third-order valence-corrected chi connectivity index (χ3v) is 4.59. The highest BCUT2D eigenvalue weighted by atomic mass is 32.2. The number of nitrogens with zero attached hydrogens (tertiary/aromatic N) is 2. The summed E-state index contributed by atoms with van der Waals surface area (Å²) in [6, 6.07) is 15.0. The highest BCUT2D eigenvalue weighted by Gasteiger charge is 2.13. The first-order valence-electron chi connectivity index (χ1n) is 7.07. The molecule has 24 heavy (non-hydrogen) atoms. The van der Waals surface area contributed by atoms with E-state index >= 15 is 0 Å². The van der Waals surface area contributed by atoms with Crippen LogP contribution in [-0.2, 0) is 10.1 Å². The first kappa shape index (κ1) is 16.1. The van der Waals surface area contributed by atoms with Crippen molar-refractivity contribution >= 4 is 32.3 Å². The van der Waals surface area contributed by atoms with Crippen LogP contribution in [0.1, 0.15) is 5.56 Å². The lowest BCUT2D eigenvalue weighted by Crippen LogP contribution is -2.00. The van der Waals surface area contributed by atoms with Crippen molar-refractivity contribution in [3.63, 3.8) is 0 Å². The van der Waals surface area contributed by atoms with Crippen LogP contribution in [0.4, 0.5) is 11.4 Å². The number of phenolic OH excluding ortho intramolecular Hbond substituents is 1. The van der Waals surface area contributed by atoms with Crippen LogP contribution in [0, 0.1) is 6.92 Å². The second-order valence-electron chi connectivity index (χ2n) is 5.28. The van der Waals surface area contributed by atoms with Crippen molar-refractivity contribution in [3.8, 4) is 5.75 Å². The van der Waals surface area contributed by atoms with Crippen LogP contribution in [0.3, 0.4) is 0 Å². The fourth-order valence-electron chi connectivity index (χ4n) is 2.39. The van der Waals surface area contributed by atoms with Gasteiger partial charge in [0.15, 0.2) is 0 Å². The van der Waals surface area contributed by atoms with Crippen molar-refractivity contribution < 1.29 is 18.1 Å². The number of benzene rings is 3. The van der Waals surface area contributed by atoms with E-state index in [1.165, 1.54) is 18.2 Å².